The van der Waals surface area contributed by atoms with Gasteiger partial charge >= 0.3 is 0 Å². The van der Waals surface area contributed by atoms with Crippen molar-refractivity contribution in [3.05, 3.63) is 35.4 Å². The van der Waals surface area contributed by atoms with Gasteiger partial charge in [-0.05, 0) is 32.4 Å². The molecule has 2 rings (SSSR count). The number of amides is 1. The standard InChI is InChI=1S/C13H19N5O/c1-10-8-11(2)18(17-10)7-3-4-13(19)14-9-12-5-6-15-16-12/h5-6,8H,3-4,7,9H2,1-2H3,(H,14,19)(H,15,16). The Labute approximate surface area is 112 Å². The van der Waals surface area contributed by atoms with Gasteiger partial charge in [0.1, 0.15) is 0 Å². The Morgan fingerprint density at radius 1 is 1.47 bits per heavy atom. The number of hydrogen-bond acceptors (Lipinski definition) is 3. The summed E-state index contributed by atoms with van der Waals surface area (Å²) in [5.41, 5.74) is 3.06. The van der Waals surface area contributed by atoms with Crippen molar-refractivity contribution >= 4 is 5.91 Å². The maximum absolute atomic E-state index is 11.6. The molecule has 19 heavy (non-hydrogen) atoms. The highest BCUT2D eigenvalue weighted by Gasteiger charge is 2.04. The highest BCUT2D eigenvalue weighted by atomic mass is 16.1. The summed E-state index contributed by atoms with van der Waals surface area (Å²) in [4.78, 5) is 11.6. The summed E-state index contributed by atoms with van der Waals surface area (Å²) < 4.78 is 1.94. The lowest BCUT2D eigenvalue weighted by Gasteiger charge is -2.05. The molecular weight excluding hydrogens is 242 g/mol. The zero-order valence-electron chi connectivity index (χ0n) is 11.3. The molecule has 6 heteroatoms. The van der Waals surface area contributed by atoms with E-state index in [4.69, 9.17) is 0 Å². The van der Waals surface area contributed by atoms with E-state index >= 15 is 0 Å². The molecule has 2 N–H and O–H groups in total. The first-order valence-electron chi connectivity index (χ1n) is 6.41. The first-order chi connectivity index (χ1) is 9.15. The minimum absolute atomic E-state index is 0.0520. The quantitative estimate of drug-likeness (QED) is 0.823. The number of nitrogens with zero attached hydrogens (tertiary/aromatic N) is 3. The van der Waals surface area contributed by atoms with E-state index in [0.717, 1.165) is 30.0 Å². The van der Waals surface area contributed by atoms with Crippen LogP contribution in [0.15, 0.2) is 18.3 Å². The zero-order chi connectivity index (χ0) is 13.7. The van der Waals surface area contributed by atoms with Gasteiger partial charge in [0, 0.05) is 24.9 Å². The Morgan fingerprint density at radius 3 is 2.95 bits per heavy atom. The van der Waals surface area contributed by atoms with Gasteiger partial charge in [0.25, 0.3) is 0 Å². The molecular formula is C13H19N5O. The fourth-order valence-electron chi connectivity index (χ4n) is 1.96. The molecule has 2 heterocycles. The second-order valence-corrected chi connectivity index (χ2v) is 4.61. The third-order valence-corrected chi connectivity index (χ3v) is 2.91. The van der Waals surface area contributed by atoms with E-state index in [2.05, 4.69) is 20.6 Å². The van der Waals surface area contributed by atoms with Crippen molar-refractivity contribution < 1.29 is 4.79 Å². The van der Waals surface area contributed by atoms with Crippen LogP contribution in [0.2, 0.25) is 0 Å². The molecule has 0 aliphatic rings. The maximum Gasteiger partial charge on any atom is 0.220 e. The van der Waals surface area contributed by atoms with E-state index in [0.29, 0.717) is 13.0 Å². The van der Waals surface area contributed by atoms with Crippen molar-refractivity contribution in [2.45, 2.75) is 39.8 Å². The van der Waals surface area contributed by atoms with Gasteiger partial charge in [-0.15, -0.1) is 0 Å². The van der Waals surface area contributed by atoms with Crippen LogP contribution >= 0.6 is 0 Å². The molecule has 0 saturated heterocycles. The number of hydrogen-bond donors (Lipinski definition) is 2. The van der Waals surface area contributed by atoms with Crippen molar-refractivity contribution in [1.29, 1.82) is 0 Å². The molecule has 0 radical (unpaired) electrons. The third-order valence-electron chi connectivity index (χ3n) is 2.91. The molecule has 0 saturated carbocycles. The van der Waals surface area contributed by atoms with Crippen molar-refractivity contribution in [3.8, 4) is 0 Å². The van der Waals surface area contributed by atoms with Crippen LogP contribution in [-0.4, -0.2) is 25.9 Å². The predicted molar refractivity (Wildman–Crippen MR) is 71.4 cm³/mol. The summed E-state index contributed by atoms with van der Waals surface area (Å²) in [6.07, 6.45) is 2.97. The number of H-pyrrole nitrogens is 1. The van der Waals surface area contributed by atoms with Crippen molar-refractivity contribution in [2.75, 3.05) is 0 Å². The fourth-order valence-corrected chi connectivity index (χ4v) is 1.96. The molecule has 0 unspecified atom stereocenters. The molecule has 6 nitrogen and oxygen atoms in total. The summed E-state index contributed by atoms with van der Waals surface area (Å²) in [6.45, 7) is 5.27. The summed E-state index contributed by atoms with van der Waals surface area (Å²) in [6, 6.07) is 3.88. The Hall–Kier alpha value is -2.11. The summed E-state index contributed by atoms with van der Waals surface area (Å²) in [7, 11) is 0. The SMILES string of the molecule is Cc1cc(C)n(CCCC(=O)NCc2ccn[nH]2)n1. The van der Waals surface area contributed by atoms with Gasteiger partial charge in [-0.2, -0.15) is 10.2 Å². The lowest BCUT2D eigenvalue weighted by Crippen LogP contribution is -2.23. The van der Waals surface area contributed by atoms with E-state index in [1.54, 1.807) is 6.20 Å². The van der Waals surface area contributed by atoms with E-state index < -0.39 is 0 Å². The van der Waals surface area contributed by atoms with E-state index in [1.807, 2.05) is 30.7 Å². The van der Waals surface area contributed by atoms with Gasteiger partial charge in [0.05, 0.1) is 17.9 Å². The number of rotatable bonds is 6. The monoisotopic (exact) mass is 261 g/mol. The highest BCUT2D eigenvalue weighted by Crippen LogP contribution is 2.04. The van der Waals surface area contributed by atoms with Gasteiger partial charge in [-0.3, -0.25) is 14.6 Å². The van der Waals surface area contributed by atoms with Crippen molar-refractivity contribution in [3.63, 3.8) is 0 Å². The first kappa shape index (κ1) is 13.3. The Kier molecular flexibility index (Phi) is 4.33. The minimum Gasteiger partial charge on any atom is -0.350 e. The van der Waals surface area contributed by atoms with Crippen LogP contribution in [0.5, 0.6) is 0 Å². The predicted octanol–water partition coefficient (Wildman–Crippen LogP) is 1.32. The Morgan fingerprint density at radius 2 is 2.32 bits per heavy atom. The number of carbonyl (C=O) groups is 1. The highest BCUT2D eigenvalue weighted by molar-refractivity contribution is 5.75. The Balaban J connectivity index is 1.68. The summed E-state index contributed by atoms with van der Waals surface area (Å²) >= 11 is 0. The van der Waals surface area contributed by atoms with Crippen LogP contribution in [0.25, 0.3) is 0 Å². The first-order valence-corrected chi connectivity index (χ1v) is 6.41. The summed E-state index contributed by atoms with van der Waals surface area (Å²) in [5.74, 6) is 0.0520. The molecule has 0 spiro atoms. The van der Waals surface area contributed by atoms with Crippen molar-refractivity contribution in [1.82, 2.24) is 25.3 Å². The number of aryl methyl sites for hydroxylation is 3. The molecule has 2 aromatic rings. The average Bonchev–Trinajstić information content (AvgIpc) is 2.97. The largest absolute Gasteiger partial charge is 0.350 e. The normalized spacial score (nSPS) is 10.6. The molecule has 0 aliphatic carbocycles. The molecule has 102 valence electrons. The molecule has 0 aliphatic heterocycles. The topological polar surface area (TPSA) is 75.6 Å². The Bertz CT molecular complexity index is 529. The van der Waals surface area contributed by atoms with Crippen LogP contribution in [0.3, 0.4) is 0 Å². The van der Waals surface area contributed by atoms with Gasteiger partial charge in [-0.25, -0.2) is 0 Å². The third kappa shape index (κ3) is 3.94. The van der Waals surface area contributed by atoms with Crippen LogP contribution in [0.1, 0.15) is 29.9 Å². The van der Waals surface area contributed by atoms with E-state index in [-0.39, 0.29) is 5.91 Å². The lowest BCUT2D eigenvalue weighted by atomic mass is 10.3. The fraction of sp³-hybridized carbons (Fsp3) is 0.462. The van der Waals surface area contributed by atoms with Crippen LogP contribution < -0.4 is 5.32 Å². The van der Waals surface area contributed by atoms with E-state index in [9.17, 15) is 4.79 Å². The van der Waals surface area contributed by atoms with Gasteiger partial charge in [0.2, 0.25) is 5.91 Å². The second-order valence-electron chi connectivity index (χ2n) is 4.61. The molecule has 2 aromatic heterocycles. The van der Waals surface area contributed by atoms with Crippen LogP contribution in [0, 0.1) is 13.8 Å². The molecule has 1 amide bonds. The minimum atomic E-state index is 0.0520. The van der Waals surface area contributed by atoms with Crippen LogP contribution in [0.4, 0.5) is 0 Å². The van der Waals surface area contributed by atoms with Gasteiger partial charge in [0.15, 0.2) is 0 Å². The van der Waals surface area contributed by atoms with Gasteiger partial charge in [-0.1, -0.05) is 0 Å². The summed E-state index contributed by atoms with van der Waals surface area (Å²) in [5, 5.41) is 13.8. The number of aromatic nitrogens is 4. The average molecular weight is 261 g/mol. The number of carbonyl (C=O) groups excluding carboxylic acids is 1. The number of aromatic amines is 1. The molecule has 0 bridgehead atoms. The smallest absolute Gasteiger partial charge is 0.220 e. The van der Waals surface area contributed by atoms with Crippen LogP contribution in [-0.2, 0) is 17.9 Å². The molecule has 0 fully saturated rings. The lowest BCUT2D eigenvalue weighted by molar-refractivity contribution is -0.121. The zero-order valence-corrected chi connectivity index (χ0v) is 11.3. The maximum atomic E-state index is 11.6. The molecule has 0 atom stereocenters. The molecule has 0 aromatic carbocycles. The van der Waals surface area contributed by atoms with Crippen molar-refractivity contribution in [2.24, 2.45) is 0 Å². The van der Waals surface area contributed by atoms with E-state index in [1.165, 1.54) is 0 Å². The number of nitrogens with one attached hydrogen (secondary N) is 2. The second kappa shape index (κ2) is 6.17. The van der Waals surface area contributed by atoms with Gasteiger partial charge < -0.3 is 5.32 Å².